The van der Waals surface area contributed by atoms with Crippen molar-refractivity contribution < 1.29 is 4.39 Å². The van der Waals surface area contributed by atoms with E-state index >= 15 is 0 Å². The lowest BCUT2D eigenvalue weighted by atomic mass is 10.1. The number of nitrogens with zero attached hydrogens (tertiary/aromatic N) is 2. The number of alkyl halides is 1. The minimum atomic E-state index is -0.477. The van der Waals surface area contributed by atoms with E-state index in [-0.39, 0.29) is 28.1 Å². The first-order chi connectivity index (χ1) is 13.0. The van der Waals surface area contributed by atoms with Crippen LogP contribution >= 0.6 is 23.1 Å². The van der Waals surface area contributed by atoms with E-state index in [2.05, 4.69) is 4.37 Å². The fourth-order valence-electron chi connectivity index (χ4n) is 4.03. The number of halogens is 2. The fraction of sp³-hybridized carbons (Fsp3) is 0.444. The average molecular weight is 409 g/mol. The van der Waals surface area contributed by atoms with Crippen molar-refractivity contribution in [1.29, 1.82) is 0 Å². The van der Waals surface area contributed by atoms with E-state index in [1.54, 1.807) is 6.07 Å². The Morgan fingerprint density at radius 2 is 2.07 bits per heavy atom. The highest BCUT2D eigenvalue weighted by molar-refractivity contribution is 7.12. The van der Waals surface area contributed by atoms with Gasteiger partial charge in [-0.3, -0.25) is 14.0 Å². The molecule has 142 valence electrons. The molecule has 1 aliphatic carbocycles. The number of hydrogen-bond acceptors (Lipinski definition) is 5. The summed E-state index contributed by atoms with van der Waals surface area (Å²) in [5.41, 5.74) is 6.05. The number of hydrogen-bond donors (Lipinski definition) is 2. The second kappa shape index (κ2) is 6.05. The van der Waals surface area contributed by atoms with Gasteiger partial charge in [-0.2, -0.15) is 0 Å². The third-order valence-corrected chi connectivity index (χ3v) is 6.99. The summed E-state index contributed by atoms with van der Waals surface area (Å²) >= 11 is 7.52. The van der Waals surface area contributed by atoms with Gasteiger partial charge >= 0.3 is 0 Å². The number of aromatic amines is 1. The Hall–Kier alpha value is -1.90. The Labute approximate surface area is 162 Å². The molecule has 0 radical (unpaired) electrons. The third-order valence-electron chi connectivity index (χ3n) is 5.61. The van der Waals surface area contributed by atoms with Gasteiger partial charge in [0.25, 0.3) is 5.56 Å². The lowest BCUT2D eigenvalue weighted by Crippen LogP contribution is -2.24. The van der Waals surface area contributed by atoms with Crippen LogP contribution in [0.25, 0.3) is 21.1 Å². The topological polar surface area (TPSA) is 84.1 Å². The molecule has 6 nitrogen and oxygen atoms in total. The van der Waals surface area contributed by atoms with E-state index in [1.165, 1.54) is 17.6 Å². The van der Waals surface area contributed by atoms with Gasteiger partial charge in [-0.25, -0.2) is 4.39 Å². The summed E-state index contributed by atoms with van der Waals surface area (Å²) in [4.78, 5) is 27.5. The van der Waals surface area contributed by atoms with Crippen molar-refractivity contribution in [3.63, 3.8) is 0 Å². The molecule has 5 rings (SSSR count). The summed E-state index contributed by atoms with van der Waals surface area (Å²) in [5, 5.41) is 0.237. The monoisotopic (exact) mass is 408 g/mol. The first-order valence-corrected chi connectivity index (χ1v) is 10.2. The van der Waals surface area contributed by atoms with Gasteiger partial charge in [0, 0.05) is 30.4 Å². The molecule has 9 heteroatoms. The quantitative estimate of drug-likeness (QED) is 0.652. The Bertz CT molecular complexity index is 1180. The molecular weight excluding hydrogens is 391 g/mol. The number of H-pyrrole nitrogens is 1. The van der Waals surface area contributed by atoms with Crippen LogP contribution in [0.15, 0.2) is 21.7 Å². The van der Waals surface area contributed by atoms with Crippen LogP contribution in [0.1, 0.15) is 18.9 Å². The molecule has 0 bridgehead atoms. The number of nitrogens with two attached hydrogens (primary N) is 1. The van der Waals surface area contributed by atoms with E-state index in [1.807, 2.05) is 9.47 Å². The smallest absolute Gasteiger partial charge is 0.271 e. The van der Waals surface area contributed by atoms with Gasteiger partial charge in [-0.05, 0) is 43.1 Å². The first kappa shape index (κ1) is 17.2. The molecule has 1 saturated carbocycles. The Balaban J connectivity index is 1.78. The highest BCUT2D eigenvalue weighted by Crippen LogP contribution is 2.41. The lowest BCUT2D eigenvalue weighted by molar-refractivity contribution is 0.602. The SMILES string of the molecule is NCC1CN(c2cc3c(cc2F)c(=O)c2c(=O)[nH]sc2n3C2CC2)CC1Cl. The van der Waals surface area contributed by atoms with E-state index in [0.29, 0.717) is 35.7 Å². The Kier molecular flexibility index (Phi) is 3.86. The lowest BCUT2D eigenvalue weighted by Gasteiger charge is -2.21. The van der Waals surface area contributed by atoms with Gasteiger partial charge in [-0.1, -0.05) is 0 Å². The molecule has 2 unspecified atom stereocenters. The highest BCUT2D eigenvalue weighted by atomic mass is 35.5. The van der Waals surface area contributed by atoms with Crippen LogP contribution in [0.2, 0.25) is 0 Å². The molecule has 3 heterocycles. The van der Waals surface area contributed by atoms with E-state index in [4.69, 9.17) is 17.3 Å². The molecule has 3 N–H and O–H groups in total. The molecule has 1 saturated heterocycles. The van der Waals surface area contributed by atoms with Crippen molar-refractivity contribution in [1.82, 2.24) is 8.94 Å². The van der Waals surface area contributed by atoms with Gasteiger partial charge in [0.05, 0.1) is 16.6 Å². The van der Waals surface area contributed by atoms with Gasteiger partial charge in [0.15, 0.2) is 0 Å². The van der Waals surface area contributed by atoms with Crippen LogP contribution in [0, 0.1) is 11.7 Å². The van der Waals surface area contributed by atoms with Gasteiger partial charge in [0.1, 0.15) is 16.0 Å². The maximum atomic E-state index is 14.9. The molecule has 2 aliphatic rings. The predicted octanol–water partition coefficient (Wildman–Crippen LogP) is 2.38. The summed E-state index contributed by atoms with van der Waals surface area (Å²) in [5.74, 6) is -0.376. The van der Waals surface area contributed by atoms with Crippen LogP contribution in [-0.2, 0) is 0 Å². The van der Waals surface area contributed by atoms with Crippen molar-refractivity contribution in [3.8, 4) is 0 Å². The summed E-state index contributed by atoms with van der Waals surface area (Å²) in [6.45, 7) is 1.55. The zero-order chi connectivity index (χ0) is 18.9. The molecule has 2 fully saturated rings. The molecule has 2 aromatic heterocycles. The van der Waals surface area contributed by atoms with Crippen molar-refractivity contribution in [2.45, 2.75) is 24.3 Å². The Morgan fingerprint density at radius 1 is 1.30 bits per heavy atom. The number of benzene rings is 1. The van der Waals surface area contributed by atoms with Crippen LogP contribution < -0.4 is 21.6 Å². The maximum Gasteiger partial charge on any atom is 0.271 e. The zero-order valence-corrected chi connectivity index (χ0v) is 15.9. The van der Waals surface area contributed by atoms with Crippen molar-refractivity contribution in [2.24, 2.45) is 11.7 Å². The minimum absolute atomic E-state index is 0.102. The van der Waals surface area contributed by atoms with Gasteiger partial charge < -0.3 is 15.2 Å². The molecule has 2 atom stereocenters. The second-order valence-electron chi connectivity index (χ2n) is 7.38. The van der Waals surface area contributed by atoms with Crippen molar-refractivity contribution in [2.75, 3.05) is 24.5 Å². The number of anilines is 1. The van der Waals surface area contributed by atoms with Crippen LogP contribution in [0.5, 0.6) is 0 Å². The number of fused-ring (bicyclic) bond motifs is 2. The van der Waals surface area contributed by atoms with Crippen molar-refractivity contribution in [3.05, 3.63) is 38.5 Å². The highest BCUT2D eigenvalue weighted by Gasteiger charge is 2.33. The standard InChI is InChI=1S/C18H18ClFN4O2S/c19-11-7-23(6-8(11)5-21)14-4-13-10(3-12(14)20)16(25)15-17(26)22-27-18(15)24(13)9-1-2-9/h3-4,8-9,11H,1-2,5-7,21H2,(H,22,26). The van der Waals surface area contributed by atoms with Crippen LogP contribution in [-0.4, -0.2) is 34.0 Å². The third kappa shape index (κ3) is 2.54. The molecule has 27 heavy (non-hydrogen) atoms. The maximum absolute atomic E-state index is 14.9. The molecule has 0 spiro atoms. The molecule has 0 amide bonds. The minimum Gasteiger partial charge on any atom is -0.367 e. The largest absolute Gasteiger partial charge is 0.367 e. The number of nitrogens with one attached hydrogen (secondary N) is 1. The number of aromatic nitrogens is 2. The van der Waals surface area contributed by atoms with E-state index in [0.717, 1.165) is 12.8 Å². The van der Waals surface area contributed by atoms with E-state index in [9.17, 15) is 14.0 Å². The first-order valence-electron chi connectivity index (χ1n) is 8.97. The molecule has 1 aromatic carbocycles. The van der Waals surface area contributed by atoms with Crippen LogP contribution in [0.4, 0.5) is 10.1 Å². The van der Waals surface area contributed by atoms with Gasteiger partial charge in [0.2, 0.25) is 5.43 Å². The zero-order valence-electron chi connectivity index (χ0n) is 14.4. The molecular formula is C18H18ClFN4O2S. The molecule has 3 aromatic rings. The fourth-order valence-corrected chi connectivity index (χ4v) is 5.30. The summed E-state index contributed by atoms with van der Waals surface area (Å²) in [6, 6.07) is 3.23. The predicted molar refractivity (Wildman–Crippen MR) is 107 cm³/mol. The summed E-state index contributed by atoms with van der Waals surface area (Å²) < 4.78 is 19.6. The summed E-state index contributed by atoms with van der Waals surface area (Å²) in [6.07, 6.45) is 1.96. The normalized spacial score (nSPS) is 23.0. The molecule has 1 aliphatic heterocycles. The average Bonchev–Trinajstić information content (AvgIpc) is 3.30. The van der Waals surface area contributed by atoms with E-state index < -0.39 is 16.8 Å². The number of rotatable bonds is 3. The Morgan fingerprint density at radius 3 is 2.74 bits per heavy atom. The second-order valence-corrected chi connectivity index (χ2v) is 8.74. The summed E-state index contributed by atoms with van der Waals surface area (Å²) in [7, 11) is 0. The van der Waals surface area contributed by atoms with Crippen molar-refractivity contribution >= 4 is 49.9 Å². The van der Waals surface area contributed by atoms with Crippen LogP contribution in [0.3, 0.4) is 0 Å². The van der Waals surface area contributed by atoms with Gasteiger partial charge in [-0.15, -0.1) is 11.6 Å². The number of pyridine rings is 1.